The number of hydrogen-bond acceptors (Lipinski definition) is 4. The van der Waals surface area contributed by atoms with E-state index < -0.39 is 24.3 Å². The molecular weight excluding hydrogens is 306 g/mol. The van der Waals surface area contributed by atoms with Crippen molar-refractivity contribution in [2.24, 2.45) is 0 Å². The number of hydrogen-bond donors (Lipinski definition) is 2. The molecule has 1 amide bonds. The van der Waals surface area contributed by atoms with E-state index >= 15 is 0 Å². The fraction of sp³-hybridized carbons (Fsp3) is 0.316. The van der Waals surface area contributed by atoms with Gasteiger partial charge in [-0.2, -0.15) is 0 Å². The molecule has 0 heterocycles. The number of nitrogens with zero attached hydrogens (tertiary/aromatic N) is 1. The lowest BCUT2D eigenvalue weighted by molar-refractivity contribution is 0.0191. The number of likely N-dealkylation sites (N-methyl/N-ethyl adjacent to an activating group) is 1. The van der Waals surface area contributed by atoms with Gasteiger partial charge in [0, 0.05) is 18.2 Å². The van der Waals surface area contributed by atoms with Gasteiger partial charge < -0.3 is 19.8 Å². The number of ether oxygens (including phenoxy) is 1. The van der Waals surface area contributed by atoms with Crippen LogP contribution in [0.25, 0.3) is 11.1 Å². The van der Waals surface area contributed by atoms with Gasteiger partial charge in [0.2, 0.25) is 0 Å². The molecule has 5 heteroatoms. The summed E-state index contributed by atoms with van der Waals surface area (Å²) in [6, 6.07) is 15.0. The normalized spacial score (nSPS) is 15.3. The number of amides is 1. The van der Waals surface area contributed by atoms with Gasteiger partial charge >= 0.3 is 6.09 Å². The average molecular weight is 327 g/mol. The molecule has 0 saturated heterocycles. The quantitative estimate of drug-likeness (QED) is 0.905. The summed E-state index contributed by atoms with van der Waals surface area (Å²) in [5.74, 6) is 0. The number of fused-ring (bicyclic) bond motifs is 3. The van der Waals surface area contributed by atoms with Crippen LogP contribution >= 0.6 is 0 Å². The Balaban J connectivity index is 1.89. The first-order valence-corrected chi connectivity index (χ1v) is 7.95. The zero-order chi connectivity index (χ0) is 17.3. The van der Waals surface area contributed by atoms with Crippen molar-refractivity contribution in [3.8, 4) is 11.1 Å². The van der Waals surface area contributed by atoms with E-state index in [-0.39, 0.29) is 6.61 Å². The molecule has 2 aromatic rings. The first-order chi connectivity index (χ1) is 11.5. The topological polar surface area (TPSA) is 70.0 Å². The molecule has 0 spiro atoms. The molecule has 0 unspecified atom stereocenters. The number of carbonyl (C=O) groups is 1. The third-order valence-corrected chi connectivity index (χ3v) is 4.52. The van der Waals surface area contributed by atoms with E-state index in [9.17, 15) is 15.0 Å². The molecule has 5 nitrogen and oxygen atoms in total. The van der Waals surface area contributed by atoms with Crippen molar-refractivity contribution in [3.05, 3.63) is 59.7 Å². The van der Waals surface area contributed by atoms with Crippen LogP contribution in [-0.2, 0) is 4.74 Å². The van der Waals surface area contributed by atoms with Gasteiger partial charge in [0.15, 0.2) is 6.10 Å². The van der Waals surface area contributed by atoms with Crippen molar-refractivity contribution in [2.45, 2.75) is 25.2 Å². The van der Waals surface area contributed by atoms with Crippen molar-refractivity contribution in [1.29, 1.82) is 0 Å². The maximum Gasteiger partial charge on any atom is 0.410 e. The van der Waals surface area contributed by atoms with Gasteiger partial charge in [-0.05, 0) is 18.1 Å². The van der Waals surface area contributed by atoms with Crippen LogP contribution < -0.4 is 0 Å². The number of aliphatic hydroxyl groups is 2. The summed E-state index contributed by atoms with van der Waals surface area (Å²) >= 11 is 0. The third kappa shape index (κ3) is 2.77. The number of benzene rings is 2. The largest absolute Gasteiger partial charge is 0.436 e. The standard InChI is InChI=1S/C19H21NO4/c1-12(22)17(11-21)20(2)19(23)24-18-15-9-5-3-7-13(15)14-8-4-6-10-16(14)18/h3-10,12,17-18,21-22H,11H2,1-2H3/t12-,17-/m1/s1. The van der Waals surface area contributed by atoms with E-state index in [4.69, 9.17) is 4.74 Å². The lowest BCUT2D eigenvalue weighted by atomic mass is 10.1. The maximum atomic E-state index is 12.5. The highest BCUT2D eigenvalue weighted by molar-refractivity contribution is 5.79. The van der Waals surface area contributed by atoms with Crippen LogP contribution in [0.15, 0.2) is 48.5 Å². The summed E-state index contributed by atoms with van der Waals surface area (Å²) < 4.78 is 5.72. The van der Waals surface area contributed by atoms with Gasteiger partial charge in [-0.15, -0.1) is 0 Å². The molecule has 0 fully saturated rings. The monoisotopic (exact) mass is 327 g/mol. The number of carbonyl (C=O) groups excluding carboxylic acids is 1. The Bertz CT molecular complexity index is 698. The molecule has 1 aliphatic carbocycles. The number of aliphatic hydroxyl groups excluding tert-OH is 2. The summed E-state index contributed by atoms with van der Waals surface area (Å²) in [6.45, 7) is 1.20. The highest BCUT2D eigenvalue weighted by Crippen LogP contribution is 2.45. The van der Waals surface area contributed by atoms with E-state index in [0.717, 1.165) is 22.3 Å². The Morgan fingerprint density at radius 2 is 1.62 bits per heavy atom. The first kappa shape index (κ1) is 16.5. The Morgan fingerprint density at radius 3 is 2.08 bits per heavy atom. The van der Waals surface area contributed by atoms with Gasteiger partial charge in [-0.25, -0.2) is 4.79 Å². The van der Waals surface area contributed by atoms with E-state index in [0.29, 0.717) is 0 Å². The fourth-order valence-electron chi connectivity index (χ4n) is 3.15. The zero-order valence-electron chi connectivity index (χ0n) is 13.7. The fourth-order valence-corrected chi connectivity index (χ4v) is 3.15. The van der Waals surface area contributed by atoms with Crippen LogP contribution in [0.5, 0.6) is 0 Å². The van der Waals surface area contributed by atoms with Crippen molar-refractivity contribution < 1.29 is 19.7 Å². The molecule has 2 aromatic carbocycles. The number of rotatable bonds is 4. The van der Waals surface area contributed by atoms with Gasteiger partial charge in [-0.3, -0.25) is 0 Å². The molecule has 2 N–H and O–H groups in total. The SMILES string of the molecule is C[C@@H](O)[C@@H](CO)N(C)C(=O)OC1c2ccccc2-c2ccccc21. The highest BCUT2D eigenvalue weighted by atomic mass is 16.6. The zero-order valence-corrected chi connectivity index (χ0v) is 13.7. The van der Waals surface area contributed by atoms with Gasteiger partial charge in [-0.1, -0.05) is 48.5 Å². The Kier molecular flexibility index (Phi) is 4.55. The van der Waals surface area contributed by atoms with Crippen LogP contribution in [0.2, 0.25) is 0 Å². The van der Waals surface area contributed by atoms with Crippen molar-refractivity contribution >= 4 is 6.09 Å². The van der Waals surface area contributed by atoms with Gasteiger partial charge in [0.25, 0.3) is 0 Å². The molecule has 0 aliphatic heterocycles. The maximum absolute atomic E-state index is 12.5. The minimum absolute atomic E-state index is 0.332. The second-order valence-electron chi connectivity index (χ2n) is 6.04. The summed E-state index contributed by atoms with van der Waals surface area (Å²) in [4.78, 5) is 13.7. The molecule has 3 rings (SSSR count). The summed E-state index contributed by atoms with van der Waals surface area (Å²) in [7, 11) is 1.52. The molecule has 1 aliphatic rings. The minimum Gasteiger partial charge on any atom is -0.436 e. The third-order valence-electron chi connectivity index (χ3n) is 4.52. The molecule has 0 saturated carbocycles. The molecule has 0 radical (unpaired) electrons. The first-order valence-electron chi connectivity index (χ1n) is 7.95. The van der Waals surface area contributed by atoms with Crippen LogP contribution in [-0.4, -0.2) is 47.0 Å². The highest BCUT2D eigenvalue weighted by Gasteiger charge is 2.33. The Morgan fingerprint density at radius 1 is 1.12 bits per heavy atom. The van der Waals surface area contributed by atoms with Crippen molar-refractivity contribution in [3.63, 3.8) is 0 Å². The molecule has 0 bridgehead atoms. The smallest absolute Gasteiger partial charge is 0.410 e. The summed E-state index contributed by atoms with van der Waals surface area (Å²) in [5.41, 5.74) is 4.00. The van der Waals surface area contributed by atoms with Crippen LogP contribution in [0.1, 0.15) is 24.2 Å². The van der Waals surface area contributed by atoms with E-state index in [1.54, 1.807) is 0 Å². The molecule has 0 aromatic heterocycles. The molecular formula is C19H21NO4. The Labute approximate surface area is 141 Å². The lowest BCUT2D eigenvalue weighted by Gasteiger charge is -2.29. The van der Waals surface area contributed by atoms with E-state index in [1.807, 2.05) is 48.5 Å². The van der Waals surface area contributed by atoms with Gasteiger partial charge in [0.05, 0.1) is 18.8 Å². The second kappa shape index (κ2) is 6.63. The second-order valence-corrected chi connectivity index (χ2v) is 6.04. The van der Waals surface area contributed by atoms with Crippen LogP contribution in [0, 0.1) is 0 Å². The summed E-state index contributed by atoms with van der Waals surface area (Å²) in [5, 5.41) is 19.1. The minimum atomic E-state index is -0.851. The van der Waals surface area contributed by atoms with E-state index in [2.05, 4.69) is 0 Å². The summed E-state index contributed by atoms with van der Waals surface area (Å²) in [6.07, 6.45) is -1.91. The Hall–Kier alpha value is -2.37. The lowest BCUT2D eigenvalue weighted by Crippen LogP contribution is -2.46. The molecule has 2 atom stereocenters. The predicted octanol–water partition coefficient (Wildman–Crippen LogP) is 2.57. The van der Waals surface area contributed by atoms with Crippen molar-refractivity contribution in [1.82, 2.24) is 4.90 Å². The van der Waals surface area contributed by atoms with Crippen LogP contribution in [0.4, 0.5) is 4.79 Å². The van der Waals surface area contributed by atoms with E-state index in [1.165, 1.54) is 18.9 Å². The predicted molar refractivity (Wildman–Crippen MR) is 90.5 cm³/mol. The molecule has 24 heavy (non-hydrogen) atoms. The molecule has 126 valence electrons. The van der Waals surface area contributed by atoms with Gasteiger partial charge in [0.1, 0.15) is 0 Å². The van der Waals surface area contributed by atoms with Crippen LogP contribution in [0.3, 0.4) is 0 Å². The average Bonchev–Trinajstić information content (AvgIpc) is 2.90. The van der Waals surface area contributed by atoms with Crippen molar-refractivity contribution in [2.75, 3.05) is 13.7 Å².